The molecule has 144 valence electrons. The SMILES string of the molecule is CN(c1cncc(C(=O)NCCc2ccc(F)cc2)c1)C1CCS(=O)(=O)C1. The average Bonchev–Trinajstić information content (AvgIpc) is 3.02. The third kappa shape index (κ3) is 5.03. The predicted molar refractivity (Wildman–Crippen MR) is 102 cm³/mol. The molecule has 0 bridgehead atoms. The van der Waals surface area contributed by atoms with Crippen molar-refractivity contribution in [3.63, 3.8) is 0 Å². The normalized spacial score (nSPS) is 18.2. The van der Waals surface area contributed by atoms with Crippen LogP contribution in [0.25, 0.3) is 0 Å². The number of nitrogens with one attached hydrogen (secondary N) is 1. The van der Waals surface area contributed by atoms with Gasteiger partial charge in [-0.3, -0.25) is 9.78 Å². The van der Waals surface area contributed by atoms with E-state index in [0.717, 1.165) is 5.56 Å². The van der Waals surface area contributed by atoms with Crippen LogP contribution in [0.2, 0.25) is 0 Å². The van der Waals surface area contributed by atoms with Crippen LogP contribution in [0.3, 0.4) is 0 Å². The molecule has 8 heteroatoms. The molecule has 6 nitrogen and oxygen atoms in total. The third-order valence-electron chi connectivity index (χ3n) is 4.76. The molecule has 1 N–H and O–H groups in total. The summed E-state index contributed by atoms with van der Waals surface area (Å²) in [5.41, 5.74) is 2.06. The Morgan fingerprint density at radius 1 is 1.30 bits per heavy atom. The molecule has 1 aliphatic heterocycles. The lowest BCUT2D eigenvalue weighted by Crippen LogP contribution is -2.33. The van der Waals surface area contributed by atoms with Crippen LogP contribution in [0.15, 0.2) is 42.7 Å². The van der Waals surface area contributed by atoms with Crippen molar-refractivity contribution >= 4 is 21.4 Å². The summed E-state index contributed by atoms with van der Waals surface area (Å²) in [7, 11) is -1.16. The van der Waals surface area contributed by atoms with Crippen molar-refractivity contribution in [1.82, 2.24) is 10.3 Å². The zero-order valence-corrected chi connectivity index (χ0v) is 15.9. The fourth-order valence-corrected chi connectivity index (χ4v) is 4.88. The van der Waals surface area contributed by atoms with Gasteiger partial charge in [-0.05, 0) is 36.6 Å². The first kappa shape index (κ1) is 19.3. The Labute approximate surface area is 158 Å². The number of rotatable bonds is 6. The summed E-state index contributed by atoms with van der Waals surface area (Å²) < 4.78 is 36.3. The van der Waals surface area contributed by atoms with E-state index in [9.17, 15) is 17.6 Å². The van der Waals surface area contributed by atoms with Gasteiger partial charge in [-0.1, -0.05) is 12.1 Å². The van der Waals surface area contributed by atoms with Crippen molar-refractivity contribution in [2.45, 2.75) is 18.9 Å². The monoisotopic (exact) mass is 391 g/mol. The van der Waals surface area contributed by atoms with Crippen LogP contribution in [0.1, 0.15) is 22.3 Å². The van der Waals surface area contributed by atoms with Gasteiger partial charge in [0.2, 0.25) is 0 Å². The molecule has 0 saturated carbocycles. The molecule has 1 saturated heterocycles. The highest BCUT2D eigenvalue weighted by Gasteiger charge is 2.31. The predicted octanol–water partition coefficient (Wildman–Crippen LogP) is 1.82. The van der Waals surface area contributed by atoms with Crippen molar-refractivity contribution in [2.75, 3.05) is 30.0 Å². The van der Waals surface area contributed by atoms with Gasteiger partial charge in [0.1, 0.15) is 5.82 Å². The molecule has 1 aromatic heterocycles. The number of amides is 1. The molecule has 2 heterocycles. The summed E-state index contributed by atoms with van der Waals surface area (Å²) in [5.74, 6) is -0.222. The molecule has 1 aromatic carbocycles. The van der Waals surface area contributed by atoms with E-state index in [-0.39, 0.29) is 29.3 Å². The van der Waals surface area contributed by atoms with Crippen LogP contribution < -0.4 is 10.2 Å². The maximum atomic E-state index is 12.9. The summed E-state index contributed by atoms with van der Waals surface area (Å²) in [6.45, 7) is 0.422. The van der Waals surface area contributed by atoms with E-state index in [4.69, 9.17) is 0 Å². The average molecular weight is 391 g/mol. The Hall–Kier alpha value is -2.48. The van der Waals surface area contributed by atoms with Crippen LogP contribution in [0.5, 0.6) is 0 Å². The molecule has 1 unspecified atom stereocenters. The quantitative estimate of drug-likeness (QED) is 0.813. The van der Waals surface area contributed by atoms with Crippen molar-refractivity contribution < 1.29 is 17.6 Å². The lowest BCUT2D eigenvalue weighted by atomic mass is 10.1. The number of anilines is 1. The Bertz CT molecular complexity index is 916. The molecule has 1 aliphatic rings. The van der Waals surface area contributed by atoms with Gasteiger partial charge in [0, 0.05) is 25.8 Å². The van der Waals surface area contributed by atoms with Crippen molar-refractivity contribution in [2.24, 2.45) is 0 Å². The number of sulfone groups is 1. The number of carbonyl (C=O) groups excluding carboxylic acids is 1. The first-order chi connectivity index (χ1) is 12.8. The zero-order chi connectivity index (χ0) is 19.4. The van der Waals surface area contributed by atoms with E-state index in [1.165, 1.54) is 18.3 Å². The van der Waals surface area contributed by atoms with E-state index in [0.29, 0.717) is 30.6 Å². The fourth-order valence-electron chi connectivity index (χ4n) is 3.11. The lowest BCUT2D eigenvalue weighted by molar-refractivity contribution is 0.0953. The molecule has 3 rings (SSSR count). The van der Waals surface area contributed by atoms with E-state index >= 15 is 0 Å². The van der Waals surface area contributed by atoms with Crippen molar-refractivity contribution in [1.29, 1.82) is 0 Å². The van der Waals surface area contributed by atoms with Crippen LogP contribution in [0.4, 0.5) is 10.1 Å². The largest absolute Gasteiger partial charge is 0.369 e. The Kier molecular flexibility index (Phi) is 5.74. The fraction of sp³-hybridized carbons (Fsp3) is 0.368. The smallest absolute Gasteiger partial charge is 0.252 e. The van der Waals surface area contributed by atoms with Gasteiger partial charge in [0.05, 0.1) is 29.0 Å². The highest BCUT2D eigenvalue weighted by atomic mass is 32.2. The molecule has 0 spiro atoms. The number of pyridine rings is 1. The number of aromatic nitrogens is 1. The van der Waals surface area contributed by atoms with Crippen LogP contribution >= 0.6 is 0 Å². The summed E-state index contributed by atoms with van der Waals surface area (Å²) >= 11 is 0. The highest BCUT2D eigenvalue weighted by molar-refractivity contribution is 7.91. The second-order valence-electron chi connectivity index (χ2n) is 6.73. The molecular formula is C19H22FN3O3S. The Balaban J connectivity index is 1.59. The van der Waals surface area contributed by atoms with E-state index in [1.54, 1.807) is 24.4 Å². The van der Waals surface area contributed by atoms with Gasteiger partial charge in [0.15, 0.2) is 9.84 Å². The van der Waals surface area contributed by atoms with Gasteiger partial charge in [-0.25, -0.2) is 12.8 Å². The van der Waals surface area contributed by atoms with Gasteiger partial charge in [-0.2, -0.15) is 0 Å². The molecule has 1 atom stereocenters. The summed E-state index contributed by atoms with van der Waals surface area (Å²) in [4.78, 5) is 18.3. The Morgan fingerprint density at radius 2 is 2.04 bits per heavy atom. The first-order valence-corrected chi connectivity index (χ1v) is 10.6. The minimum Gasteiger partial charge on any atom is -0.369 e. The second-order valence-corrected chi connectivity index (χ2v) is 8.96. The number of nitrogens with zero attached hydrogens (tertiary/aromatic N) is 2. The third-order valence-corrected chi connectivity index (χ3v) is 6.51. The molecule has 1 amide bonds. The minimum atomic E-state index is -2.98. The van der Waals surface area contributed by atoms with E-state index in [1.807, 2.05) is 11.9 Å². The van der Waals surface area contributed by atoms with Crippen LogP contribution in [0, 0.1) is 5.82 Å². The van der Waals surface area contributed by atoms with Gasteiger partial charge in [-0.15, -0.1) is 0 Å². The molecule has 1 fully saturated rings. The van der Waals surface area contributed by atoms with Crippen molar-refractivity contribution in [3.05, 3.63) is 59.7 Å². The summed E-state index contributed by atoms with van der Waals surface area (Å²) in [5, 5.41) is 2.82. The van der Waals surface area contributed by atoms with E-state index in [2.05, 4.69) is 10.3 Å². The topological polar surface area (TPSA) is 79.4 Å². The van der Waals surface area contributed by atoms with Gasteiger partial charge >= 0.3 is 0 Å². The minimum absolute atomic E-state index is 0.103. The van der Waals surface area contributed by atoms with Crippen LogP contribution in [-0.4, -0.2) is 50.4 Å². The molecular weight excluding hydrogens is 369 g/mol. The summed E-state index contributed by atoms with van der Waals surface area (Å²) in [6.07, 6.45) is 4.28. The lowest BCUT2D eigenvalue weighted by Gasteiger charge is -2.25. The van der Waals surface area contributed by atoms with Gasteiger partial charge in [0.25, 0.3) is 5.91 Å². The van der Waals surface area contributed by atoms with Crippen LogP contribution in [-0.2, 0) is 16.3 Å². The standard InChI is InChI=1S/C19H22FN3O3S/c1-23(17-7-9-27(25,26)13-17)18-10-15(11-21-12-18)19(24)22-8-6-14-2-4-16(20)5-3-14/h2-5,10-12,17H,6-9,13H2,1H3,(H,22,24). The molecule has 0 aliphatic carbocycles. The molecule has 0 radical (unpaired) electrons. The number of hydrogen-bond donors (Lipinski definition) is 1. The van der Waals surface area contributed by atoms with Gasteiger partial charge < -0.3 is 10.2 Å². The number of hydrogen-bond acceptors (Lipinski definition) is 5. The maximum absolute atomic E-state index is 12.9. The highest BCUT2D eigenvalue weighted by Crippen LogP contribution is 2.23. The first-order valence-electron chi connectivity index (χ1n) is 8.75. The second kappa shape index (κ2) is 8.04. The van der Waals surface area contributed by atoms with Crippen molar-refractivity contribution in [3.8, 4) is 0 Å². The van der Waals surface area contributed by atoms with E-state index < -0.39 is 9.84 Å². The molecule has 2 aromatic rings. The zero-order valence-electron chi connectivity index (χ0n) is 15.1. The molecule has 27 heavy (non-hydrogen) atoms. The number of benzene rings is 1. The Morgan fingerprint density at radius 3 is 2.70 bits per heavy atom. The number of halogens is 1. The number of carbonyl (C=O) groups is 1. The maximum Gasteiger partial charge on any atom is 0.252 e. The summed E-state index contributed by atoms with van der Waals surface area (Å²) in [6, 6.07) is 7.77.